The monoisotopic (exact) mass is 1710 g/mol. The third-order valence-electron chi connectivity index (χ3n) is 30.0. The van der Waals surface area contributed by atoms with Crippen molar-refractivity contribution in [3.63, 3.8) is 0 Å². The van der Waals surface area contributed by atoms with Gasteiger partial charge in [-0.3, -0.25) is 58.0 Å². The Labute approximate surface area is 755 Å². The minimum Gasteiger partial charge on any atom is -0.457 e. The molecule has 2 saturated carbocycles. The van der Waals surface area contributed by atoms with Crippen molar-refractivity contribution in [3.05, 3.63) is 143 Å². The molecule has 14 heteroatoms. The summed E-state index contributed by atoms with van der Waals surface area (Å²) >= 11 is 0. The van der Waals surface area contributed by atoms with Crippen LogP contribution in [-0.2, 0) is 24.6 Å². The molecule has 6 aliphatic rings. The van der Waals surface area contributed by atoms with Crippen molar-refractivity contribution in [2.75, 3.05) is 26.2 Å². The van der Waals surface area contributed by atoms with E-state index in [-0.39, 0.29) is 52.7 Å². The Morgan fingerprint density at radius 3 is 0.736 bits per heavy atom. The average molecular weight is 1710 g/mol. The van der Waals surface area contributed by atoms with Crippen molar-refractivity contribution < 1.29 is 47.8 Å². The van der Waals surface area contributed by atoms with E-state index in [2.05, 4.69) is 65.8 Å². The number of fused-ring (bicyclic) bond motifs is 2. The van der Waals surface area contributed by atoms with Gasteiger partial charge in [0.2, 0.25) is 0 Å². The molecule has 2 fully saturated rings. The number of benzene rings is 4. The third-order valence-corrected chi connectivity index (χ3v) is 30.0. The summed E-state index contributed by atoms with van der Waals surface area (Å²) in [5.41, 5.74) is 3.42. The van der Waals surface area contributed by atoms with Crippen LogP contribution in [0.1, 0.15) is 454 Å². The molecular weight excluding hydrogens is 1550 g/mol. The molecule has 10 rings (SSSR count). The second-order valence-electron chi connectivity index (χ2n) is 39.4. The van der Waals surface area contributed by atoms with Crippen LogP contribution in [0.4, 0.5) is 0 Å². The van der Waals surface area contributed by atoms with Crippen molar-refractivity contribution in [2.45, 2.75) is 407 Å². The quantitative estimate of drug-likeness (QED) is 0.0306. The Morgan fingerprint density at radius 2 is 0.464 bits per heavy atom. The van der Waals surface area contributed by atoms with Gasteiger partial charge in [-0.05, 0) is 196 Å². The van der Waals surface area contributed by atoms with Crippen molar-refractivity contribution in [2.24, 2.45) is 47.3 Å². The number of rotatable bonds is 66. The summed E-state index contributed by atoms with van der Waals surface area (Å²) in [5, 5.41) is 0. The fourth-order valence-electron chi connectivity index (χ4n) is 22.5. The molecule has 4 aliphatic heterocycles. The lowest BCUT2D eigenvalue weighted by molar-refractivity contribution is -0.138. The second kappa shape index (κ2) is 54.8. The highest BCUT2D eigenvalue weighted by Crippen LogP contribution is 2.50. The van der Waals surface area contributed by atoms with Gasteiger partial charge >= 0.3 is 0 Å². The van der Waals surface area contributed by atoms with E-state index >= 15 is 0 Å². The number of imide groups is 4. The molecule has 4 heterocycles. The van der Waals surface area contributed by atoms with Crippen molar-refractivity contribution in [1.82, 2.24) is 19.6 Å². The van der Waals surface area contributed by atoms with Crippen LogP contribution in [0.5, 0.6) is 23.0 Å². The van der Waals surface area contributed by atoms with Gasteiger partial charge in [-0.2, -0.15) is 0 Å². The van der Waals surface area contributed by atoms with Crippen LogP contribution in [0.3, 0.4) is 0 Å². The van der Waals surface area contributed by atoms with Gasteiger partial charge in [0, 0.05) is 55.9 Å². The van der Waals surface area contributed by atoms with Gasteiger partial charge < -0.3 is 9.47 Å². The molecule has 8 amide bonds. The topological polar surface area (TPSA) is 168 Å². The molecule has 8 unspecified atom stereocenters. The molecule has 125 heavy (non-hydrogen) atoms. The molecule has 4 aromatic rings. The zero-order chi connectivity index (χ0) is 88.4. The normalized spacial score (nSPS) is 20.1. The molecule has 4 aromatic carbocycles. The summed E-state index contributed by atoms with van der Waals surface area (Å²) in [6, 6.07) is 26.5. The first-order valence-corrected chi connectivity index (χ1v) is 51.7. The number of hydrogen-bond acceptors (Lipinski definition) is 10. The summed E-state index contributed by atoms with van der Waals surface area (Å²) in [5.74, 6) is 7.38. The van der Waals surface area contributed by atoms with Gasteiger partial charge in [-0.15, -0.1) is 0 Å². The molecule has 8 atom stereocenters. The third kappa shape index (κ3) is 30.9. The van der Waals surface area contributed by atoms with Gasteiger partial charge in [0.25, 0.3) is 47.3 Å². The summed E-state index contributed by atoms with van der Waals surface area (Å²) in [7, 11) is 0. The lowest BCUT2D eigenvalue weighted by atomic mass is 9.61. The summed E-state index contributed by atoms with van der Waals surface area (Å²) in [4.78, 5) is 109. The van der Waals surface area contributed by atoms with Crippen LogP contribution in [0.15, 0.2) is 109 Å². The van der Waals surface area contributed by atoms with E-state index < -0.39 is 0 Å². The number of unbranched alkanes of at least 4 members (excludes halogenated alkanes) is 36. The predicted octanol–water partition coefficient (Wildman–Crippen LogP) is 29.5. The fourth-order valence-corrected chi connectivity index (χ4v) is 22.5. The summed E-state index contributed by atoms with van der Waals surface area (Å²) in [6.45, 7) is 15.5. The first-order valence-electron chi connectivity index (χ1n) is 51.7. The van der Waals surface area contributed by atoms with Crippen LogP contribution in [0, 0.1) is 47.3 Å². The lowest BCUT2D eigenvalue weighted by Gasteiger charge is -2.44. The van der Waals surface area contributed by atoms with Crippen LogP contribution in [0.2, 0.25) is 0 Å². The zero-order valence-corrected chi connectivity index (χ0v) is 78.8. The first-order chi connectivity index (χ1) is 61.0. The van der Waals surface area contributed by atoms with Crippen LogP contribution in [0.25, 0.3) is 0 Å². The summed E-state index contributed by atoms with van der Waals surface area (Å²) in [6.07, 6.45) is 76.4. The molecule has 2 aliphatic carbocycles. The van der Waals surface area contributed by atoms with E-state index in [9.17, 15) is 38.4 Å². The molecule has 0 radical (unpaired) electrons. The SMILES string of the molecule is CCCCCCCCC1C(CCCCCC)CCC(CCCCCCCCN2C(=O)c3ccc(Oc4ccc(C(C)(C)c5ccc(Oc6ccc7c(c6)C(=O)N(CCCCCCCCC6CCC(CCCCCC)C(CCCCCCCC)C6CCCCCCCCN6C(=O)C=CC6=O)C7=O)cc5)cc4)cc3C2=O)C1CCCCCCCCN1C(=O)C=CC1=O. The van der Waals surface area contributed by atoms with E-state index in [1.54, 1.807) is 36.4 Å². The Hall–Kier alpha value is -7.48. The first kappa shape index (κ1) is 99.7. The number of hydrogen-bond donors (Lipinski definition) is 0. The standard InChI is InChI=1S/C111H164N4O10/c1-7-11-15-19-31-43-55-95-85(51-39-17-13-9-3)59-61-87(97(95)57-45-33-23-27-35-47-79-112-103(116)75-76-104(112)117)53-41-29-21-25-37-49-81-114-107(120)99-73-71-93(83-101(99)109(114)122)124-91-67-63-89(64-68-91)111(5,6)90-65-69-92(70-66-90)125-94-72-74-100-102(84-94)110(123)115(108(100)121)82-50-38-26-22-30-42-54-88-62-60-86(52-40-18-14-10-4)96(56-44-32-20-16-12-8-2)98(88)58-46-34-24-28-36-48-80-113-105(118)77-78-106(113)119/h63-78,83-88,95-98H,7-62,79-82H2,1-6H3. The predicted molar refractivity (Wildman–Crippen MR) is 510 cm³/mol. The molecule has 0 spiro atoms. The maximum Gasteiger partial charge on any atom is 0.261 e. The Bertz CT molecular complexity index is 3720. The van der Waals surface area contributed by atoms with Crippen molar-refractivity contribution >= 4 is 47.3 Å². The maximum absolute atomic E-state index is 13.9. The van der Waals surface area contributed by atoms with Gasteiger partial charge in [-0.25, -0.2) is 0 Å². The number of carbonyl (C=O) groups is 8. The molecule has 688 valence electrons. The number of ether oxygens (including phenoxy) is 2. The van der Waals surface area contributed by atoms with Gasteiger partial charge in [0.15, 0.2) is 0 Å². The average Bonchev–Trinajstić information content (AvgIpc) is 1.79. The Morgan fingerprint density at radius 1 is 0.248 bits per heavy atom. The van der Waals surface area contributed by atoms with Crippen LogP contribution in [-0.4, -0.2) is 93.0 Å². The minimum atomic E-state index is -0.385. The number of nitrogens with zero attached hydrogens (tertiary/aromatic N) is 4. The lowest BCUT2D eigenvalue weighted by Crippen LogP contribution is -2.35. The van der Waals surface area contributed by atoms with Gasteiger partial charge in [0.05, 0.1) is 22.3 Å². The van der Waals surface area contributed by atoms with Crippen molar-refractivity contribution in [3.8, 4) is 23.0 Å². The van der Waals surface area contributed by atoms with E-state index in [0.29, 0.717) is 71.4 Å². The van der Waals surface area contributed by atoms with E-state index in [0.717, 1.165) is 136 Å². The van der Waals surface area contributed by atoms with E-state index in [1.807, 2.05) is 24.3 Å². The molecule has 0 saturated heterocycles. The Balaban J connectivity index is 0.620. The molecule has 0 bridgehead atoms. The highest BCUT2D eigenvalue weighted by molar-refractivity contribution is 6.22. The fraction of sp³-hybridized carbons (Fsp3) is 0.676. The van der Waals surface area contributed by atoms with E-state index in [1.165, 1.54) is 326 Å². The zero-order valence-electron chi connectivity index (χ0n) is 78.8. The molecular formula is C111H164N4O10. The number of amides is 8. The minimum absolute atomic E-state index is 0.169. The molecule has 0 aromatic heterocycles. The van der Waals surface area contributed by atoms with Crippen molar-refractivity contribution in [1.29, 1.82) is 0 Å². The highest BCUT2D eigenvalue weighted by atomic mass is 16.5. The maximum atomic E-state index is 13.9. The highest BCUT2D eigenvalue weighted by Gasteiger charge is 2.42. The van der Waals surface area contributed by atoms with Gasteiger partial charge in [0.1, 0.15) is 23.0 Å². The second-order valence-corrected chi connectivity index (χ2v) is 39.4. The Kier molecular flexibility index (Phi) is 43.7. The molecule has 14 nitrogen and oxygen atoms in total. The van der Waals surface area contributed by atoms with Crippen LogP contribution >= 0.6 is 0 Å². The van der Waals surface area contributed by atoms with Crippen LogP contribution < -0.4 is 9.47 Å². The molecule has 0 N–H and O–H groups in total. The largest absolute Gasteiger partial charge is 0.457 e. The van der Waals surface area contributed by atoms with E-state index in [4.69, 9.17) is 9.47 Å². The summed E-state index contributed by atoms with van der Waals surface area (Å²) < 4.78 is 12.7. The van der Waals surface area contributed by atoms with Gasteiger partial charge in [-0.1, -0.05) is 348 Å². The smallest absolute Gasteiger partial charge is 0.261 e. The number of carbonyl (C=O) groups excluding carboxylic acids is 8.